The predicted molar refractivity (Wildman–Crippen MR) is 68.1 cm³/mol. The Hall–Kier alpha value is -0.930. The number of piperidine rings is 1. The number of nitrogens with zero attached hydrogens (tertiary/aromatic N) is 1. The third-order valence-corrected chi connectivity index (χ3v) is 3.43. The number of hydrogen-bond acceptors (Lipinski definition) is 2. The molecule has 0 spiro atoms. The van der Waals surface area contributed by atoms with Gasteiger partial charge in [0.2, 0.25) is 0 Å². The van der Waals surface area contributed by atoms with Crippen LogP contribution in [0, 0.1) is 12.7 Å². The van der Waals surface area contributed by atoms with Crippen LogP contribution in [0.4, 0.5) is 4.39 Å². The highest BCUT2D eigenvalue weighted by atomic mass is 19.1. The third-order valence-electron chi connectivity index (χ3n) is 3.43. The SMILES string of the molecule is Cc1ccc(C(C)NN2CCCCC2)cc1F. The average molecular weight is 236 g/mol. The minimum atomic E-state index is -0.116. The molecular formula is C14H21FN2. The van der Waals surface area contributed by atoms with Crippen molar-refractivity contribution in [2.45, 2.75) is 39.2 Å². The zero-order valence-electron chi connectivity index (χ0n) is 10.7. The number of nitrogens with one attached hydrogen (secondary N) is 1. The molecule has 0 aromatic heterocycles. The van der Waals surface area contributed by atoms with Crippen molar-refractivity contribution in [3.63, 3.8) is 0 Å². The van der Waals surface area contributed by atoms with Crippen molar-refractivity contribution >= 4 is 0 Å². The molecule has 1 N–H and O–H groups in total. The summed E-state index contributed by atoms with van der Waals surface area (Å²) in [7, 11) is 0. The predicted octanol–water partition coefficient (Wildman–Crippen LogP) is 3.19. The van der Waals surface area contributed by atoms with Gasteiger partial charge in [0.25, 0.3) is 0 Å². The first-order chi connectivity index (χ1) is 8.16. The Morgan fingerprint density at radius 1 is 1.24 bits per heavy atom. The number of rotatable bonds is 3. The molecule has 1 fully saturated rings. The Labute approximate surface area is 103 Å². The fourth-order valence-corrected chi connectivity index (χ4v) is 2.25. The number of hydrazine groups is 1. The second-order valence-electron chi connectivity index (χ2n) is 4.91. The number of halogens is 1. The van der Waals surface area contributed by atoms with Crippen LogP contribution >= 0.6 is 0 Å². The lowest BCUT2D eigenvalue weighted by Gasteiger charge is -2.30. The van der Waals surface area contributed by atoms with E-state index in [1.54, 1.807) is 13.0 Å². The fraction of sp³-hybridized carbons (Fsp3) is 0.571. The summed E-state index contributed by atoms with van der Waals surface area (Å²) in [6.07, 6.45) is 3.83. The van der Waals surface area contributed by atoms with Crippen molar-refractivity contribution in [1.29, 1.82) is 0 Å². The number of benzene rings is 1. The zero-order chi connectivity index (χ0) is 12.3. The highest BCUT2D eigenvalue weighted by molar-refractivity contribution is 5.25. The van der Waals surface area contributed by atoms with Crippen LogP contribution in [-0.4, -0.2) is 18.1 Å². The maximum Gasteiger partial charge on any atom is 0.126 e. The largest absolute Gasteiger partial charge is 0.248 e. The van der Waals surface area contributed by atoms with Crippen LogP contribution in [0.2, 0.25) is 0 Å². The van der Waals surface area contributed by atoms with E-state index >= 15 is 0 Å². The summed E-state index contributed by atoms with van der Waals surface area (Å²) in [5.41, 5.74) is 5.17. The molecular weight excluding hydrogens is 215 g/mol. The quantitative estimate of drug-likeness (QED) is 0.867. The molecule has 0 bridgehead atoms. The number of aryl methyl sites for hydroxylation is 1. The van der Waals surface area contributed by atoms with Gasteiger partial charge in [0, 0.05) is 19.1 Å². The van der Waals surface area contributed by atoms with Gasteiger partial charge in [0.05, 0.1) is 0 Å². The van der Waals surface area contributed by atoms with Crippen LogP contribution in [0.5, 0.6) is 0 Å². The van der Waals surface area contributed by atoms with Gasteiger partial charge in [0.15, 0.2) is 0 Å². The van der Waals surface area contributed by atoms with Crippen LogP contribution in [0.3, 0.4) is 0 Å². The molecule has 1 saturated heterocycles. The van der Waals surface area contributed by atoms with Gasteiger partial charge in [-0.15, -0.1) is 0 Å². The van der Waals surface area contributed by atoms with E-state index in [9.17, 15) is 4.39 Å². The molecule has 1 aliphatic rings. The van der Waals surface area contributed by atoms with E-state index in [2.05, 4.69) is 17.4 Å². The molecule has 1 unspecified atom stereocenters. The Kier molecular flexibility index (Phi) is 4.13. The van der Waals surface area contributed by atoms with Crippen molar-refractivity contribution in [1.82, 2.24) is 10.4 Å². The normalized spacial score (nSPS) is 19.2. The first-order valence-electron chi connectivity index (χ1n) is 6.44. The molecule has 1 atom stereocenters. The number of hydrogen-bond donors (Lipinski definition) is 1. The summed E-state index contributed by atoms with van der Waals surface area (Å²) in [4.78, 5) is 0. The van der Waals surface area contributed by atoms with Gasteiger partial charge < -0.3 is 0 Å². The summed E-state index contributed by atoms with van der Waals surface area (Å²) < 4.78 is 13.5. The molecule has 2 nitrogen and oxygen atoms in total. The average Bonchev–Trinajstić information content (AvgIpc) is 2.34. The molecule has 1 aliphatic heterocycles. The van der Waals surface area contributed by atoms with Crippen LogP contribution < -0.4 is 5.43 Å². The molecule has 94 valence electrons. The maximum absolute atomic E-state index is 13.5. The zero-order valence-corrected chi connectivity index (χ0v) is 10.7. The Morgan fingerprint density at radius 3 is 2.59 bits per heavy atom. The van der Waals surface area contributed by atoms with E-state index in [1.165, 1.54) is 19.3 Å². The van der Waals surface area contributed by atoms with Crippen molar-refractivity contribution in [2.75, 3.05) is 13.1 Å². The monoisotopic (exact) mass is 236 g/mol. The molecule has 1 aromatic rings. The lowest BCUT2D eigenvalue weighted by molar-refractivity contribution is 0.133. The molecule has 3 heteroatoms. The van der Waals surface area contributed by atoms with Gasteiger partial charge in [-0.2, -0.15) is 0 Å². The third kappa shape index (κ3) is 3.27. The van der Waals surface area contributed by atoms with E-state index in [4.69, 9.17) is 0 Å². The topological polar surface area (TPSA) is 15.3 Å². The summed E-state index contributed by atoms with van der Waals surface area (Å²) in [6, 6.07) is 5.65. The van der Waals surface area contributed by atoms with E-state index in [-0.39, 0.29) is 11.9 Å². The van der Waals surface area contributed by atoms with Crippen LogP contribution in [0.1, 0.15) is 43.4 Å². The smallest absolute Gasteiger partial charge is 0.126 e. The molecule has 17 heavy (non-hydrogen) atoms. The van der Waals surface area contributed by atoms with Gasteiger partial charge in [-0.3, -0.25) is 0 Å². The Bertz CT molecular complexity index is 372. The van der Waals surface area contributed by atoms with E-state index < -0.39 is 0 Å². The van der Waals surface area contributed by atoms with Crippen molar-refractivity contribution in [2.24, 2.45) is 0 Å². The molecule has 0 aliphatic carbocycles. The molecule has 0 saturated carbocycles. The van der Waals surface area contributed by atoms with Gasteiger partial charge in [0.1, 0.15) is 5.82 Å². The van der Waals surface area contributed by atoms with Gasteiger partial charge >= 0.3 is 0 Å². The van der Waals surface area contributed by atoms with Crippen molar-refractivity contribution in [3.05, 3.63) is 35.1 Å². The lowest BCUT2D eigenvalue weighted by Crippen LogP contribution is -2.42. The first-order valence-corrected chi connectivity index (χ1v) is 6.44. The minimum Gasteiger partial charge on any atom is -0.248 e. The molecule has 1 aromatic carbocycles. The minimum absolute atomic E-state index is 0.116. The Balaban J connectivity index is 1.98. The summed E-state index contributed by atoms with van der Waals surface area (Å²) in [5.74, 6) is -0.116. The van der Waals surface area contributed by atoms with E-state index in [0.717, 1.165) is 18.7 Å². The molecule has 0 radical (unpaired) electrons. The van der Waals surface area contributed by atoms with Crippen LogP contribution in [0.25, 0.3) is 0 Å². The highest BCUT2D eigenvalue weighted by Gasteiger charge is 2.14. The van der Waals surface area contributed by atoms with Crippen LogP contribution in [-0.2, 0) is 0 Å². The summed E-state index contributed by atoms with van der Waals surface area (Å²) in [5, 5.41) is 2.26. The second kappa shape index (κ2) is 5.61. The van der Waals surface area contributed by atoms with Gasteiger partial charge in [-0.25, -0.2) is 14.8 Å². The van der Waals surface area contributed by atoms with E-state index in [1.807, 2.05) is 12.1 Å². The summed E-state index contributed by atoms with van der Waals surface area (Å²) in [6.45, 7) is 6.07. The van der Waals surface area contributed by atoms with Crippen molar-refractivity contribution < 1.29 is 4.39 Å². The summed E-state index contributed by atoms with van der Waals surface area (Å²) >= 11 is 0. The van der Waals surface area contributed by atoms with E-state index in [0.29, 0.717) is 5.56 Å². The maximum atomic E-state index is 13.5. The Morgan fingerprint density at radius 2 is 1.94 bits per heavy atom. The van der Waals surface area contributed by atoms with Gasteiger partial charge in [-0.1, -0.05) is 18.6 Å². The van der Waals surface area contributed by atoms with Crippen LogP contribution in [0.15, 0.2) is 18.2 Å². The first kappa shape index (κ1) is 12.5. The van der Waals surface area contributed by atoms with Gasteiger partial charge in [-0.05, 0) is 43.9 Å². The second-order valence-corrected chi connectivity index (χ2v) is 4.91. The lowest BCUT2D eigenvalue weighted by atomic mass is 10.1. The molecule has 2 rings (SSSR count). The molecule has 0 amide bonds. The standard InChI is InChI=1S/C14H21FN2/c1-11-6-7-13(10-14(11)15)12(2)16-17-8-4-3-5-9-17/h6-7,10,12,16H,3-5,8-9H2,1-2H3. The highest BCUT2D eigenvalue weighted by Crippen LogP contribution is 2.17. The fourth-order valence-electron chi connectivity index (χ4n) is 2.25. The molecule has 1 heterocycles. The van der Waals surface area contributed by atoms with Crippen molar-refractivity contribution in [3.8, 4) is 0 Å².